The van der Waals surface area contributed by atoms with Crippen LogP contribution < -0.4 is 29.6 Å². The van der Waals surface area contributed by atoms with Crippen LogP contribution in [0.1, 0.15) is 69.2 Å². The molecule has 0 saturated carbocycles. The second-order valence-corrected chi connectivity index (χ2v) is 7.58. The number of hydrogen-bond donors (Lipinski definition) is 1. The predicted molar refractivity (Wildman–Crippen MR) is 103 cm³/mol. The van der Waals surface area contributed by atoms with Crippen molar-refractivity contribution in [2.45, 2.75) is 85.9 Å². The first-order chi connectivity index (χ1) is 12.1. The molecule has 0 spiro atoms. The zero-order valence-electron chi connectivity index (χ0n) is 19.2. The molecule has 1 N–H and O–H groups in total. The Balaban J connectivity index is -0.0000000971. The molecule has 13 nitrogen and oxygen atoms in total. The van der Waals surface area contributed by atoms with E-state index in [1.807, 2.05) is 0 Å². The van der Waals surface area contributed by atoms with Crippen LogP contribution >= 0.6 is 0 Å². The Kier molecular flexibility index (Phi) is 21.3. The van der Waals surface area contributed by atoms with E-state index in [4.69, 9.17) is 5.11 Å². The molecule has 0 aliphatic rings. The van der Waals surface area contributed by atoms with E-state index in [9.17, 15) is 40.5 Å². The van der Waals surface area contributed by atoms with Crippen LogP contribution in [0.25, 0.3) is 0 Å². The van der Waals surface area contributed by atoms with Crippen molar-refractivity contribution in [3.8, 4) is 0 Å². The second kappa shape index (κ2) is 16.3. The summed E-state index contributed by atoms with van der Waals surface area (Å²) in [5, 5.41) is 47.8. The summed E-state index contributed by atoms with van der Waals surface area (Å²) in [5.41, 5.74) is -3.90. The van der Waals surface area contributed by atoms with Crippen LogP contribution in [0.3, 0.4) is 0 Å². The van der Waals surface area contributed by atoms with E-state index < -0.39 is 31.4 Å². The molecule has 0 amide bonds. The number of nitrogens with zero attached hydrogens (tertiary/aromatic N) is 4. The van der Waals surface area contributed by atoms with Crippen LogP contribution in [0.4, 0.5) is 0 Å². The van der Waals surface area contributed by atoms with Gasteiger partial charge in [0, 0.05) is 69.8 Å². The standard InChI is InChI=1S/C6H12N2O4.C4H9NO2.C3H6NO2.C2H6O.Na/c1-5(2,7(9)10)6(3,4)8(11)12;1-4(2,3)5(6)7;1-3(2)4(5)6;1-2-3;/h1-4H3;1-3H3;1-2H3;3H,2H2,1H3;/q;;-1;;+1. The molecule has 0 unspecified atom stereocenters. The van der Waals surface area contributed by atoms with Gasteiger partial charge in [-0.3, -0.25) is 40.5 Å². The third-order valence-corrected chi connectivity index (χ3v) is 3.32. The number of aliphatic hydroxyl groups excluding tert-OH is 1. The summed E-state index contributed by atoms with van der Waals surface area (Å²) in [7, 11) is 0. The molecule has 0 aromatic rings. The van der Waals surface area contributed by atoms with Crippen LogP contribution in [-0.4, -0.2) is 48.0 Å². The van der Waals surface area contributed by atoms with Crippen molar-refractivity contribution >= 4 is 0 Å². The molecular weight excluding hydrogens is 403 g/mol. The van der Waals surface area contributed by atoms with Gasteiger partial charge in [0.2, 0.25) is 5.54 Å². The molecule has 0 radical (unpaired) electrons. The Labute approximate surface area is 193 Å². The summed E-state index contributed by atoms with van der Waals surface area (Å²) >= 11 is 0. The maximum atomic E-state index is 10.5. The quantitative estimate of drug-likeness (QED) is 0.273. The third kappa shape index (κ3) is 18.2. The smallest absolute Gasteiger partial charge is 0.397 e. The largest absolute Gasteiger partial charge is 1.00 e. The van der Waals surface area contributed by atoms with Crippen LogP contribution in [0.2, 0.25) is 0 Å². The zero-order chi connectivity index (χ0) is 24.1. The van der Waals surface area contributed by atoms with Gasteiger partial charge in [-0.05, 0) is 6.92 Å². The van der Waals surface area contributed by atoms with E-state index in [1.165, 1.54) is 41.5 Å². The van der Waals surface area contributed by atoms with Gasteiger partial charge in [-0.15, -0.1) is 18.8 Å². The molecule has 0 rings (SSSR count). The van der Waals surface area contributed by atoms with Gasteiger partial charge < -0.3 is 5.11 Å². The van der Waals surface area contributed by atoms with Crippen molar-refractivity contribution in [2.75, 3.05) is 6.61 Å². The van der Waals surface area contributed by atoms with Crippen molar-refractivity contribution in [3.63, 3.8) is 0 Å². The number of nitro groups is 4. The molecule has 0 aromatic carbocycles. The predicted octanol–water partition coefficient (Wildman–Crippen LogP) is -0.00391. The van der Waals surface area contributed by atoms with Crippen molar-refractivity contribution in [3.05, 3.63) is 46.5 Å². The molecule has 0 bridgehead atoms. The Hall–Kier alpha value is -1.57. The minimum Gasteiger partial charge on any atom is -0.397 e. The van der Waals surface area contributed by atoms with Crippen molar-refractivity contribution in [1.29, 1.82) is 0 Å². The van der Waals surface area contributed by atoms with Gasteiger partial charge in [0.25, 0.3) is 11.1 Å². The monoisotopic (exact) mass is 436 g/mol. The van der Waals surface area contributed by atoms with Crippen LogP contribution in [-0.2, 0) is 0 Å². The van der Waals surface area contributed by atoms with Gasteiger partial charge in [0.1, 0.15) is 0 Å². The van der Waals surface area contributed by atoms with Gasteiger partial charge in [-0.2, -0.15) is 0 Å². The van der Waals surface area contributed by atoms with Gasteiger partial charge in [0.15, 0.2) is 0 Å². The zero-order valence-corrected chi connectivity index (χ0v) is 21.2. The van der Waals surface area contributed by atoms with E-state index in [1.54, 1.807) is 27.7 Å². The van der Waals surface area contributed by atoms with E-state index in [0.717, 1.165) is 0 Å². The second-order valence-electron chi connectivity index (χ2n) is 7.58. The van der Waals surface area contributed by atoms with Crippen LogP contribution in [0.15, 0.2) is 0 Å². The fraction of sp³-hybridized carbons (Fsp3) is 0.933. The minimum atomic E-state index is -1.56. The first kappa shape index (κ1) is 38.1. The molecule has 0 atom stereocenters. The van der Waals surface area contributed by atoms with E-state index in [2.05, 4.69) is 0 Å². The molecule has 0 aliphatic carbocycles. The molecule has 0 fully saturated rings. The normalized spacial score (nSPS) is 10.2. The average Bonchev–Trinajstić information content (AvgIpc) is 2.47. The fourth-order valence-corrected chi connectivity index (χ4v) is 0.447. The average molecular weight is 436 g/mol. The van der Waals surface area contributed by atoms with Gasteiger partial charge in [-0.1, -0.05) is 6.04 Å². The molecule has 14 heteroatoms. The summed E-state index contributed by atoms with van der Waals surface area (Å²) < 4.78 is 0. The van der Waals surface area contributed by atoms with Crippen molar-refractivity contribution in [2.24, 2.45) is 0 Å². The maximum Gasteiger partial charge on any atom is 1.00 e. The molecule has 0 aromatic heterocycles. The number of hydrogen-bond acceptors (Lipinski definition) is 9. The number of rotatable bonds is 4. The van der Waals surface area contributed by atoms with E-state index in [-0.39, 0.29) is 47.1 Å². The summed E-state index contributed by atoms with van der Waals surface area (Å²) in [5.74, 6) is 0. The Morgan fingerprint density at radius 1 is 0.724 bits per heavy atom. The van der Waals surface area contributed by atoms with Gasteiger partial charge in [0.05, 0.1) is 0 Å². The molecular formula is C15H33N4NaO9. The van der Waals surface area contributed by atoms with Crippen molar-refractivity contribution in [1.82, 2.24) is 0 Å². The van der Waals surface area contributed by atoms with Gasteiger partial charge >= 0.3 is 29.6 Å². The van der Waals surface area contributed by atoms with Crippen LogP contribution in [0.5, 0.6) is 0 Å². The SMILES string of the molecule is CC(C)(C)[N+](=O)[O-].CC(C)([N+](=O)[O-])C(C)(C)[N+](=O)[O-].CCO.C[C-](C)[N+](=O)[O-].[Na+]. The Morgan fingerprint density at radius 2 is 0.862 bits per heavy atom. The van der Waals surface area contributed by atoms with Gasteiger partial charge in [-0.25, -0.2) is 0 Å². The molecule has 0 saturated heterocycles. The third-order valence-electron chi connectivity index (χ3n) is 3.32. The van der Waals surface area contributed by atoms with Crippen LogP contribution in [0, 0.1) is 46.5 Å². The molecule has 0 heterocycles. The Bertz CT molecular complexity index is 494. The van der Waals surface area contributed by atoms with E-state index in [0.29, 0.717) is 0 Å². The molecule has 168 valence electrons. The maximum absolute atomic E-state index is 10.5. The molecule has 29 heavy (non-hydrogen) atoms. The summed E-state index contributed by atoms with van der Waals surface area (Å²) in [4.78, 5) is 38.3. The van der Waals surface area contributed by atoms with Crippen molar-refractivity contribution < 1.29 is 54.4 Å². The molecule has 0 aliphatic heterocycles. The first-order valence-corrected chi connectivity index (χ1v) is 8.13. The topological polar surface area (TPSA) is 193 Å². The minimum absolute atomic E-state index is 0. The summed E-state index contributed by atoms with van der Waals surface area (Å²) in [6.45, 7) is 14.5. The first-order valence-electron chi connectivity index (χ1n) is 8.13. The van der Waals surface area contributed by atoms with E-state index >= 15 is 0 Å². The fourth-order valence-electron chi connectivity index (χ4n) is 0.447. The summed E-state index contributed by atoms with van der Waals surface area (Å²) in [6, 6.07) is 0.231. The Morgan fingerprint density at radius 3 is 0.897 bits per heavy atom. The summed E-state index contributed by atoms with van der Waals surface area (Å²) in [6.07, 6.45) is 0. The number of aliphatic hydroxyl groups is 1.